The van der Waals surface area contributed by atoms with Crippen molar-refractivity contribution in [2.75, 3.05) is 11.9 Å². The van der Waals surface area contributed by atoms with Crippen LogP contribution in [0.3, 0.4) is 0 Å². The normalized spacial score (nSPS) is 13.2. The van der Waals surface area contributed by atoms with Gasteiger partial charge in [0.25, 0.3) is 0 Å². The lowest BCUT2D eigenvalue weighted by Crippen LogP contribution is -2.18. The second-order valence-corrected chi connectivity index (χ2v) is 5.75. The SMILES string of the molecule is CCOC(=O)CC(=O)Nc1ccc(-c2onc3c2CCCC3)cc1. The third kappa shape index (κ3) is 3.64. The Labute approximate surface area is 140 Å². The molecule has 6 nitrogen and oxygen atoms in total. The van der Waals surface area contributed by atoms with Crippen molar-refractivity contribution < 1.29 is 18.8 Å². The van der Waals surface area contributed by atoms with Gasteiger partial charge in [-0.05, 0) is 56.9 Å². The second kappa shape index (κ2) is 7.29. The number of aryl methyl sites for hydroxylation is 1. The monoisotopic (exact) mass is 328 g/mol. The van der Waals surface area contributed by atoms with E-state index in [9.17, 15) is 9.59 Å². The molecule has 2 aromatic rings. The number of carbonyl (C=O) groups excluding carboxylic acids is 2. The highest BCUT2D eigenvalue weighted by Gasteiger charge is 2.20. The molecule has 1 aliphatic carbocycles. The Kier molecular flexibility index (Phi) is 4.93. The number of nitrogens with zero attached hydrogens (tertiary/aromatic N) is 1. The highest BCUT2D eigenvalue weighted by atomic mass is 16.5. The lowest BCUT2D eigenvalue weighted by Gasteiger charge is -2.09. The van der Waals surface area contributed by atoms with Crippen LogP contribution in [0, 0.1) is 0 Å². The second-order valence-electron chi connectivity index (χ2n) is 5.75. The summed E-state index contributed by atoms with van der Waals surface area (Å²) in [6, 6.07) is 7.34. The molecule has 0 fully saturated rings. The van der Waals surface area contributed by atoms with Gasteiger partial charge in [-0.25, -0.2) is 0 Å². The molecule has 0 bridgehead atoms. The topological polar surface area (TPSA) is 81.4 Å². The molecule has 6 heteroatoms. The number of ether oxygens (including phenoxy) is 1. The summed E-state index contributed by atoms with van der Waals surface area (Å²) >= 11 is 0. The molecule has 0 unspecified atom stereocenters. The zero-order chi connectivity index (χ0) is 16.9. The first-order chi connectivity index (χ1) is 11.7. The summed E-state index contributed by atoms with van der Waals surface area (Å²) in [6.45, 7) is 1.97. The molecule has 1 aliphatic rings. The number of aromatic nitrogens is 1. The van der Waals surface area contributed by atoms with Crippen molar-refractivity contribution in [3.8, 4) is 11.3 Å². The van der Waals surface area contributed by atoms with Gasteiger partial charge in [-0.2, -0.15) is 0 Å². The maximum atomic E-state index is 11.8. The molecule has 1 aromatic carbocycles. The van der Waals surface area contributed by atoms with E-state index in [1.54, 1.807) is 19.1 Å². The highest BCUT2D eigenvalue weighted by Crippen LogP contribution is 2.31. The van der Waals surface area contributed by atoms with Crippen molar-refractivity contribution in [3.05, 3.63) is 35.5 Å². The Bertz CT molecular complexity index is 734. The van der Waals surface area contributed by atoms with Gasteiger partial charge < -0.3 is 14.6 Å². The van der Waals surface area contributed by atoms with Crippen LogP contribution < -0.4 is 5.32 Å². The molecule has 3 rings (SSSR count). The molecule has 0 aliphatic heterocycles. The zero-order valence-corrected chi connectivity index (χ0v) is 13.6. The lowest BCUT2D eigenvalue weighted by atomic mass is 9.94. The highest BCUT2D eigenvalue weighted by molar-refractivity contribution is 6.01. The number of hydrogen-bond acceptors (Lipinski definition) is 5. The van der Waals surface area contributed by atoms with E-state index in [0.717, 1.165) is 42.7 Å². The van der Waals surface area contributed by atoms with Crippen molar-refractivity contribution in [2.24, 2.45) is 0 Å². The standard InChI is InChI=1S/C18H20N2O4/c1-2-23-17(22)11-16(21)19-13-9-7-12(8-10-13)18-14-5-3-4-6-15(14)20-24-18/h7-10H,2-6,11H2,1H3,(H,19,21). The van der Waals surface area contributed by atoms with Crippen LogP contribution in [0.4, 0.5) is 5.69 Å². The van der Waals surface area contributed by atoms with E-state index >= 15 is 0 Å². The number of amides is 1. The van der Waals surface area contributed by atoms with Gasteiger partial charge in [-0.3, -0.25) is 9.59 Å². The van der Waals surface area contributed by atoms with Crippen LogP contribution in [0.1, 0.15) is 37.4 Å². The maximum Gasteiger partial charge on any atom is 0.315 e. The smallest absolute Gasteiger partial charge is 0.315 e. The summed E-state index contributed by atoms with van der Waals surface area (Å²) in [5.41, 5.74) is 3.82. The molecule has 24 heavy (non-hydrogen) atoms. The van der Waals surface area contributed by atoms with Crippen molar-refractivity contribution in [1.82, 2.24) is 5.16 Å². The third-order valence-electron chi connectivity index (χ3n) is 4.00. The van der Waals surface area contributed by atoms with Crippen molar-refractivity contribution >= 4 is 17.6 Å². The fourth-order valence-corrected chi connectivity index (χ4v) is 2.87. The van der Waals surface area contributed by atoms with Gasteiger partial charge in [0, 0.05) is 16.8 Å². The minimum absolute atomic E-state index is 0.266. The van der Waals surface area contributed by atoms with E-state index in [-0.39, 0.29) is 13.0 Å². The summed E-state index contributed by atoms with van der Waals surface area (Å²) in [7, 11) is 0. The van der Waals surface area contributed by atoms with Crippen molar-refractivity contribution in [3.63, 3.8) is 0 Å². The van der Waals surface area contributed by atoms with E-state index in [1.807, 2.05) is 12.1 Å². The van der Waals surface area contributed by atoms with Gasteiger partial charge in [0.15, 0.2) is 5.76 Å². The minimum Gasteiger partial charge on any atom is -0.466 e. The number of rotatable bonds is 5. The summed E-state index contributed by atoms with van der Waals surface area (Å²) in [5, 5.41) is 6.84. The zero-order valence-electron chi connectivity index (χ0n) is 13.6. The van der Waals surface area contributed by atoms with Gasteiger partial charge in [0.1, 0.15) is 6.42 Å². The Hall–Kier alpha value is -2.63. The fourth-order valence-electron chi connectivity index (χ4n) is 2.87. The number of esters is 1. The molecule has 1 N–H and O–H groups in total. The van der Waals surface area contributed by atoms with Gasteiger partial charge in [-0.1, -0.05) is 5.16 Å². The molecule has 126 valence electrons. The summed E-state index contributed by atoms with van der Waals surface area (Å²) in [4.78, 5) is 23.0. The first-order valence-electron chi connectivity index (χ1n) is 8.20. The molecule has 0 atom stereocenters. The van der Waals surface area contributed by atoms with Crippen molar-refractivity contribution in [2.45, 2.75) is 39.0 Å². The summed E-state index contributed by atoms with van der Waals surface area (Å²) < 4.78 is 10.3. The van der Waals surface area contributed by atoms with Crippen LogP contribution in [0.5, 0.6) is 0 Å². The predicted molar refractivity (Wildman–Crippen MR) is 88.5 cm³/mol. The van der Waals surface area contributed by atoms with Crippen LogP contribution >= 0.6 is 0 Å². The largest absolute Gasteiger partial charge is 0.466 e. The molecule has 0 saturated heterocycles. The first kappa shape index (κ1) is 16.2. The number of hydrogen-bond donors (Lipinski definition) is 1. The number of carbonyl (C=O) groups is 2. The fraction of sp³-hybridized carbons (Fsp3) is 0.389. The molecule has 0 radical (unpaired) electrons. The van der Waals surface area contributed by atoms with Crippen LogP contribution in [0.2, 0.25) is 0 Å². The van der Waals surface area contributed by atoms with Crippen LogP contribution in [0.25, 0.3) is 11.3 Å². The lowest BCUT2D eigenvalue weighted by molar-refractivity contribution is -0.145. The molecule has 1 aromatic heterocycles. The molecule has 1 heterocycles. The first-order valence-corrected chi connectivity index (χ1v) is 8.20. The average molecular weight is 328 g/mol. The van der Waals surface area contributed by atoms with Crippen LogP contribution in [-0.2, 0) is 27.2 Å². The molecular formula is C18H20N2O4. The van der Waals surface area contributed by atoms with Crippen LogP contribution in [0.15, 0.2) is 28.8 Å². The Balaban J connectivity index is 1.66. The molecule has 0 spiro atoms. The van der Waals surface area contributed by atoms with Crippen molar-refractivity contribution in [1.29, 1.82) is 0 Å². The van der Waals surface area contributed by atoms with Gasteiger partial charge in [0.2, 0.25) is 5.91 Å². The Morgan fingerprint density at radius 2 is 1.96 bits per heavy atom. The quantitative estimate of drug-likeness (QED) is 0.673. The Morgan fingerprint density at radius 1 is 1.21 bits per heavy atom. The number of benzene rings is 1. The average Bonchev–Trinajstić information content (AvgIpc) is 2.99. The van der Waals surface area contributed by atoms with E-state index < -0.39 is 11.9 Å². The van der Waals surface area contributed by atoms with E-state index in [0.29, 0.717) is 5.69 Å². The molecular weight excluding hydrogens is 308 g/mol. The summed E-state index contributed by atoms with van der Waals surface area (Å²) in [6.07, 6.45) is 3.99. The maximum absolute atomic E-state index is 11.8. The van der Waals surface area contributed by atoms with Crippen LogP contribution in [-0.4, -0.2) is 23.6 Å². The van der Waals surface area contributed by atoms with E-state index in [2.05, 4.69) is 10.5 Å². The minimum atomic E-state index is -0.528. The summed E-state index contributed by atoms with van der Waals surface area (Å²) in [5.74, 6) is -0.104. The number of anilines is 1. The number of nitrogens with one attached hydrogen (secondary N) is 1. The molecule has 0 saturated carbocycles. The van der Waals surface area contributed by atoms with Gasteiger partial charge in [0.05, 0.1) is 12.3 Å². The van der Waals surface area contributed by atoms with Gasteiger partial charge in [-0.15, -0.1) is 0 Å². The molecule has 1 amide bonds. The predicted octanol–water partition coefficient (Wildman–Crippen LogP) is 3.11. The third-order valence-corrected chi connectivity index (χ3v) is 4.00. The van der Waals surface area contributed by atoms with Gasteiger partial charge >= 0.3 is 5.97 Å². The van der Waals surface area contributed by atoms with E-state index in [4.69, 9.17) is 9.26 Å². The number of fused-ring (bicyclic) bond motifs is 1. The Morgan fingerprint density at radius 3 is 2.71 bits per heavy atom. The van der Waals surface area contributed by atoms with E-state index in [1.165, 1.54) is 5.56 Å².